The Kier molecular flexibility index (Phi) is 4.66. The lowest BCUT2D eigenvalue weighted by atomic mass is 9.98. The first-order valence-electron chi connectivity index (χ1n) is 8.49. The van der Waals surface area contributed by atoms with Crippen molar-refractivity contribution in [2.24, 2.45) is 5.73 Å². The maximum Gasteiger partial charge on any atom is 0.227 e. The maximum atomic E-state index is 12.5. The summed E-state index contributed by atoms with van der Waals surface area (Å²) in [6.45, 7) is 3.24. The summed E-state index contributed by atoms with van der Waals surface area (Å²) in [5.41, 5.74) is 8.11. The summed E-state index contributed by atoms with van der Waals surface area (Å²) in [5.74, 6) is 0.241. The summed E-state index contributed by atoms with van der Waals surface area (Å²) in [6.07, 6.45) is 3.42. The number of carbonyl (C=O) groups excluding carboxylic acids is 2. The van der Waals surface area contributed by atoms with Gasteiger partial charge in [-0.15, -0.1) is 0 Å². The minimum absolute atomic E-state index is 0.116. The SMILES string of the molecule is CC1CC(N)CCN1C(=O)CCN1C(=O)CCc2ccccc21. The number of anilines is 1. The van der Waals surface area contributed by atoms with Crippen LogP contribution < -0.4 is 10.6 Å². The van der Waals surface area contributed by atoms with E-state index in [-0.39, 0.29) is 23.9 Å². The maximum absolute atomic E-state index is 12.5. The standard InChI is InChI=1S/C18H25N3O2/c1-13-12-15(19)8-10-20(13)18(23)9-11-21-16-5-3-2-4-14(16)6-7-17(21)22/h2-5,13,15H,6-12,19H2,1H3. The molecule has 1 fully saturated rings. The number of likely N-dealkylation sites (tertiary alicyclic amines) is 1. The van der Waals surface area contributed by atoms with Gasteiger partial charge in [-0.2, -0.15) is 0 Å². The fourth-order valence-corrected chi connectivity index (χ4v) is 3.67. The minimum atomic E-state index is 0.116. The van der Waals surface area contributed by atoms with Crippen LogP contribution in [0.2, 0.25) is 0 Å². The van der Waals surface area contributed by atoms with Gasteiger partial charge in [-0.05, 0) is 37.8 Å². The Morgan fingerprint density at radius 1 is 1.30 bits per heavy atom. The van der Waals surface area contributed by atoms with Gasteiger partial charge in [-0.25, -0.2) is 0 Å². The minimum Gasteiger partial charge on any atom is -0.340 e. The summed E-state index contributed by atoms with van der Waals surface area (Å²) in [4.78, 5) is 28.5. The highest BCUT2D eigenvalue weighted by molar-refractivity contribution is 5.97. The van der Waals surface area contributed by atoms with Crippen LogP contribution in [0.4, 0.5) is 5.69 Å². The van der Waals surface area contributed by atoms with Gasteiger partial charge in [0.05, 0.1) is 0 Å². The van der Waals surface area contributed by atoms with E-state index >= 15 is 0 Å². The molecule has 2 heterocycles. The zero-order valence-corrected chi connectivity index (χ0v) is 13.7. The smallest absolute Gasteiger partial charge is 0.227 e. The monoisotopic (exact) mass is 315 g/mol. The molecule has 0 aromatic heterocycles. The zero-order chi connectivity index (χ0) is 16.4. The number of piperidine rings is 1. The number of fused-ring (bicyclic) bond motifs is 1. The summed E-state index contributed by atoms with van der Waals surface area (Å²) in [6, 6.07) is 8.36. The quantitative estimate of drug-likeness (QED) is 0.923. The Labute approximate surface area is 137 Å². The zero-order valence-electron chi connectivity index (χ0n) is 13.7. The van der Waals surface area contributed by atoms with Gasteiger partial charge in [-0.1, -0.05) is 18.2 Å². The topological polar surface area (TPSA) is 66.6 Å². The molecule has 5 heteroatoms. The first-order valence-corrected chi connectivity index (χ1v) is 8.49. The Hall–Kier alpha value is -1.88. The van der Waals surface area contributed by atoms with Crippen molar-refractivity contribution >= 4 is 17.5 Å². The molecule has 2 atom stereocenters. The van der Waals surface area contributed by atoms with Crippen molar-refractivity contribution in [3.63, 3.8) is 0 Å². The number of nitrogens with zero attached hydrogens (tertiary/aromatic N) is 2. The van der Waals surface area contributed by atoms with Crippen LogP contribution in [0.1, 0.15) is 38.2 Å². The molecule has 0 bridgehead atoms. The number of hydrogen-bond acceptors (Lipinski definition) is 3. The first kappa shape index (κ1) is 16.0. The summed E-state index contributed by atoms with van der Waals surface area (Å²) >= 11 is 0. The van der Waals surface area contributed by atoms with Gasteiger partial charge in [0.1, 0.15) is 0 Å². The van der Waals surface area contributed by atoms with Crippen LogP contribution in [0.25, 0.3) is 0 Å². The van der Waals surface area contributed by atoms with E-state index in [1.54, 1.807) is 4.90 Å². The Morgan fingerprint density at radius 2 is 2.09 bits per heavy atom. The second-order valence-electron chi connectivity index (χ2n) is 6.64. The van der Waals surface area contributed by atoms with Crippen molar-refractivity contribution < 1.29 is 9.59 Å². The molecule has 1 aromatic rings. The molecule has 1 saturated heterocycles. The molecule has 2 aliphatic rings. The van der Waals surface area contributed by atoms with E-state index in [0.717, 1.165) is 31.5 Å². The molecule has 3 rings (SSSR count). The van der Waals surface area contributed by atoms with Crippen molar-refractivity contribution in [1.82, 2.24) is 4.90 Å². The van der Waals surface area contributed by atoms with Gasteiger partial charge in [0.2, 0.25) is 11.8 Å². The largest absolute Gasteiger partial charge is 0.340 e. The van der Waals surface area contributed by atoms with E-state index < -0.39 is 0 Å². The van der Waals surface area contributed by atoms with Gasteiger partial charge in [0, 0.05) is 43.7 Å². The predicted octanol–water partition coefficient (Wildman–Crippen LogP) is 1.69. The van der Waals surface area contributed by atoms with Crippen LogP contribution in [0.3, 0.4) is 0 Å². The molecule has 2 unspecified atom stereocenters. The molecular weight excluding hydrogens is 290 g/mol. The summed E-state index contributed by atoms with van der Waals surface area (Å²) in [7, 11) is 0. The van der Waals surface area contributed by atoms with Crippen LogP contribution in [0.5, 0.6) is 0 Å². The van der Waals surface area contributed by atoms with E-state index in [0.29, 0.717) is 19.4 Å². The van der Waals surface area contributed by atoms with Crippen LogP contribution in [-0.4, -0.2) is 41.9 Å². The molecule has 2 amide bonds. The Morgan fingerprint density at radius 3 is 2.87 bits per heavy atom. The Balaban J connectivity index is 1.64. The number of carbonyl (C=O) groups is 2. The van der Waals surface area contributed by atoms with Gasteiger partial charge in [0.15, 0.2) is 0 Å². The fourth-order valence-electron chi connectivity index (χ4n) is 3.67. The third-order valence-corrected chi connectivity index (χ3v) is 4.98. The van der Waals surface area contributed by atoms with E-state index in [2.05, 4.69) is 13.0 Å². The average Bonchev–Trinajstić information content (AvgIpc) is 2.53. The molecule has 5 nitrogen and oxygen atoms in total. The van der Waals surface area contributed by atoms with E-state index in [4.69, 9.17) is 5.73 Å². The third-order valence-electron chi connectivity index (χ3n) is 4.98. The molecule has 124 valence electrons. The number of amides is 2. The predicted molar refractivity (Wildman–Crippen MR) is 90.1 cm³/mol. The number of rotatable bonds is 3. The van der Waals surface area contributed by atoms with Crippen LogP contribution >= 0.6 is 0 Å². The lowest BCUT2D eigenvalue weighted by Crippen LogP contribution is -2.49. The Bertz CT molecular complexity index is 602. The van der Waals surface area contributed by atoms with E-state index in [1.165, 1.54) is 5.56 Å². The van der Waals surface area contributed by atoms with Crippen LogP contribution in [0, 0.1) is 0 Å². The molecule has 23 heavy (non-hydrogen) atoms. The van der Waals surface area contributed by atoms with Crippen LogP contribution in [0.15, 0.2) is 24.3 Å². The number of hydrogen-bond donors (Lipinski definition) is 1. The molecule has 2 aliphatic heterocycles. The number of nitrogens with two attached hydrogens (primary N) is 1. The lowest BCUT2D eigenvalue weighted by Gasteiger charge is -2.37. The van der Waals surface area contributed by atoms with Crippen molar-refractivity contribution in [2.45, 2.75) is 51.1 Å². The second kappa shape index (κ2) is 6.71. The van der Waals surface area contributed by atoms with Crippen molar-refractivity contribution in [1.29, 1.82) is 0 Å². The first-order chi connectivity index (χ1) is 11.1. The molecule has 0 radical (unpaired) electrons. The number of benzene rings is 1. The summed E-state index contributed by atoms with van der Waals surface area (Å²) in [5, 5.41) is 0. The second-order valence-corrected chi connectivity index (χ2v) is 6.64. The van der Waals surface area contributed by atoms with Crippen molar-refractivity contribution in [2.75, 3.05) is 18.0 Å². The highest BCUT2D eigenvalue weighted by atomic mass is 16.2. The normalized spacial score (nSPS) is 24.5. The van der Waals surface area contributed by atoms with Crippen LogP contribution in [-0.2, 0) is 16.0 Å². The lowest BCUT2D eigenvalue weighted by molar-refractivity contribution is -0.134. The van der Waals surface area contributed by atoms with Gasteiger partial charge in [0.25, 0.3) is 0 Å². The molecular formula is C18H25N3O2. The fraction of sp³-hybridized carbons (Fsp3) is 0.556. The molecule has 2 N–H and O–H groups in total. The summed E-state index contributed by atoms with van der Waals surface area (Å²) < 4.78 is 0. The molecule has 0 aliphatic carbocycles. The van der Waals surface area contributed by atoms with Gasteiger partial charge in [-0.3, -0.25) is 9.59 Å². The number of para-hydroxylation sites is 1. The molecule has 0 saturated carbocycles. The number of aryl methyl sites for hydroxylation is 1. The third kappa shape index (κ3) is 3.39. The van der Waals surface area contributed by atoms with Gasteiger partial charge >= 0.3 is 0 Å². The molecule has 0 spiro atoms. The van der Waals surface area contributed by atoms with E-state index in [1.807, 2.05) is 23.1 Å². The van der Waals surface area contributed by atoms with Crippen molar-refractivity contribution in [3.05, 3.63) is 29.8 Å². The highest BCUT2D eigenvalue weighted by Crippen LogP contribution is 2.27. The van der Waals surface area contributed by atoms with E-state index in [9.17, 15) is 9.59 Å². The molecule has 1 aromatic carbocycles. The highest BCUT2D eigenvalue weighted by Gasteiger charge is 2.29. The van der Waals surface area contributed by atoms with Gasteiger partial charge < -0.3 is 15.5 Å². The average molecular weight is 315 g/mol. The van der Waals surface area contributed by atoms with Crippen molar-refractivity contribution in [3.8, 4) is 0 Å².